The number of nitrogens with two attached hydrogens (primary N) is 6. The molecule has 34 heavy (non-hydrogen) atoms. The number of amidine groups is 1. The first-order valence-corrected chi connectivity index (χ1v) is 10.0. The van der Waals surface area contributed by atoms with Crippen LogP contribution in [0, 0.1) is 21.7 Å². The molecule has 0 heterocycles. The summed E-state index contributed by atoms with van der Waals surface area (Å²) in [7, 11) is 0. The summed E-state index contributed by atoms with van der Waals surface area (Å²) in [6, 6.07) is 0. The van der Waals surface area contributed by atoms with Crippen LogP contribution in [0.5, 0.6) is 0 Å². The van der Waals surface area contributed by atoms with Gasteiger partial charge in [-0.05, 0) is 38.1 Å². The third-order valence-corrected chi connectivity index (χ3v) is 2.62. The molecule has 0 rings (SSSR count). The van der Waals surface area contributed by atoms with Crippen molar-refractivity contribution < 1.29 is 0 Å². The number of hydrogen-bond acceptors (Lipinski definition) is 4. The van der Waals surface area contributed by atoms with Crippen LogP contribution in [-0.2, 0) is 0 Å². The number of hydrogen-bond donors (Lipinski definition) is 7. The summed E-state index contributed by atoms with van der Waals surface area (Å²) in [5.41, 5.74) is 31.2. The Morgan fingerprint density at radius 3 is 0.912 bits per heavy atom. The summed E-state index contributed by atoms with van der Waals surface area (Å²) in [5, 5.41) is 6.92. The second-order valence-electron chi connectivity index (χ2n) is 11.4. The molecule has 9 heteroatoms. The van der Waals surface area contributed by atoms with Crippen LogP contribution in [0.4, 0.5) is 0 Å². The Bertz CT molecular complexity index is 502. The minimum atomic E-state index is -0.140. The maximum absolute atomic E-state index is 6.92. The highest BCUT2D eigenvalue weighted by Crippen LogP contribution is 2.12. The zero-order chi connectivity index (χ0) is 25.6. The van der Waals surface area contributed by atoms with Crippen molar-refractivity contribution in [2.75, 3.05) is 13.1 Å². The van der Waals surface area contributed by atoms with Crippen LogP contribution in [0.15, 0.2) is 9.98 Å². The van der Waals surface area contributed by atoms with Crippen LogP contribution in [0.3, 0.4) is 0 Å². The van der Waals surface area contributed by atoms with Crippen molar-refractivity contribution in [3.8, 4) is 0 Å². The fourth-order valence-electron chi connectivity index (χ4n) is 0.716. The number of guanidine groups is 2. The normalized spacial score (nSPS) is 9.91. The van der Waals surface area contributed by atoms with E-state index in [0.29, 0.717) is 12.0 Å². The predicted molar refractivity (Wildman–Crippen MR) is 162 cm³/mol. The third kappa shape index (κ3) is 77.9. The highest BCUT2D eigenvalue weighted by atomic mass is 15.0. The van der Waals surface area contributed by atoms with Crippen LogP contribution < -0.4 is 34.4 Å². The van der Waals surface area contributed by atoms with Crippen LogP contribution in [0.1, 0.15) is 113 Å². The molecule has 0 unspecified atom stereocenters. The van der Waals surface area contributed by atoms with Gasteiger partial charge in [-0.25, -0.2) is 4.99 Å². The molecule has 0 saturated carbocycles. The zero-order valence-electron chi connectivity index (χ0n) is 21.8. The summed E-state index contributed by atoms with van der Waals surface area (Å²) in [6.45, 7) is 25.6. The highest BCUT2D eigenvalue weighted by Gasteiger charge is 2.12. The van der Waals surface area contributed by atoms with Crippen molar-refractivity contribution in [1.29, 1.82) is 5.41 Å². The largest absolute Gasteiger partial charge is 0.387 e. The van der Waals surface area contributed by atoms with Gasteiger partial charge in [0.15, 0.2) is 11.9 Å². The summed E-state index contributed by atoms with van der Waals surface area (Å²) in [6.07, 6.45) is 0. The lowest BCUT2D eigenvalue weighted by molar-refractivity contribution is 0.428. The van der Waals surface area contributed by atoms with Gasteiger partial charge >= 0.3 is 0 Å². The van der Waals surface area contributed by atoms with Gasteiger partial charge in [-0.15, -0.1) is 0 Å². The molecular formula is C25H69N9. The number of rotatable bonds is 1. The predicted octanol–water partition coefficient (Wildman–Crippen LogP) is 4.87. The van der Waals surface area contributed by atoms with Gasteiger partial charge in [0.2, 0.25) is 0 Å². The van der Waals surface area contributed by atoms with E-state index in [-0.39, 0.29) is 63.8 Å². The van der Waals surface area contributed by atoms with Gasteiger partial charge in [0, 0.05) is 12.0 Å². The molecule has 0 atom stereocenters. The average Bonchev–Trinajstić information content (AvgIpc) is 2.42. The molecule has 0 aromatic rings. The molecule has 0 aromatic heterocycles. The second-order valence-corrected chi connectivity index (χ2v) is 11.4. The first-order chi connectivity index (χ1) is 12.8. The lowest BCUT2D eigenvalue weighted by Crippen LogP contribution is -2.27. The van der Waals surface area contributed by atoms with Gasteiger partial charge in [0.05, 0.1) is 11.4 Å². The molecule has 0 fully saturated rings. The van der Waals surface area contributed by atoms with Crippen LogP contribution >= 0.6 is 0 Å². The molecule has 0 radical (unpaired) electrons. The molecule has 0 aliphatic rings. The van der Waals surface area contributed by atoms with E-state index in [1.807, 2.05) is 41.5 Å². The average molecular weight is 496 g/mol. The van der Waals surface area contributed by atoms with Crippen molar-refractivity contribution >= 4 is 17.8 Å². The molecule has 214 valence electrons. The smallest absolute Gasteiger partial charge is 0.186 e. The first kappa shape index (κ1) is 53.4. The number of nitrogens with one attached hydrogen (secondary N) is 1. The van der Waals surface area contributed by atoms with E-state index >= 15 is 0 Å². The molecule has 0 bridgehead atoms. The van der Waals surface area contributed by atoms with Crippen molar-refractivity contribution in [2.45, 2.75) is 118 Å². The van der Waals surface area contributed by atoms with Gasteiger partial charge < -0.3 is 34.4 Å². The van der Waals surface area contributed by atoms with E-state index in [4.69, 9.17) is 39.8 Å². The van der Waals surface area contributed by atoms with Crippen molar-refractivity contribution in [1.82, 2.24) is 0 Å². The van der Waals surface area contributed by atoms with E-state index in [9.17, 15) is 0 Å². The maximum atomic E-state index is 6.92. The SMILES string of the molecule is C.C.C.C.CC(C)(C)C(=N)N.CC(C)(C)CN.CC(C)(C)CN=C(N)N.CC(C)(C)N=C(N)N. The standard InChI is InChI=1S/C6H15N3.C5H13N3.C5H12N2.C5H13N.4CH4/c1-6(2,3)4-9-5(7)8;1-5(2,3)8-4(6)7;1-5(2,3)4(6)7;1-5(2,3)4-6;;;;/h4H2,1-3H3,(H4,7,8,9);1-3H3,(H4,6,7,8);1-3H3,(H3,6,7);4,6H2,1-3H3;4*1H4. The monoisotopic (exact) mass is 496 g/mol. The quantitative estimate of drug-likeness (QED) is 0.199. The second kappa shape index (κ2) is 22.7. The van der Waals surface area contributed by atoms with Gasteiger partial charge in [-0.2, -0.15) is 0 Å². The van der Waals surface area contributed by atoms with Gasteiger partial charge in [0.25, 0.3) is 0 Å². The van der Waals surface area contributed by atoms with Crippen molar-refractivity contribution in [3.63, 3.8) is 0 Å². The molecule has 13 N–H and O–H groups in total. The lowest BCUT2D eigenvalue weighted by atomic mass is 9.96. The summed E-state index contributed by atoms with van der Waals surface area (Å²) in [4.78, 5) is 7.75. The minimum absolute atomic E-state index is 0. The minimum Gasteiger partial charge on any atom is -0.387 e. The van der Waals surface area contributed by atoms with Gasteiger partial charge in [-0.3, -0.25) is 10.4 Å². The van der Waals surface area contributed by atoms with Crippen LogP contribution in [0.25, 0.3) is 0 Å². The summed E-state index contributed by atoms with van der Waals surface area (Å²) in [5.74, 6) is 0.565. The topological polar surface area (TPSA) is 205 Å². The Morgan fingerprint density at radius 2 is 0.882 bits per heavy atom. The van der Waals surface area contributed by atoms with Gasteiger partial charge in [-0.1, -0.05) is 92.0 Å². The number of aliphatic imine (C=N–C) groups is 2. The Morgan fingerprint density at radius 1 is 0.618 bits per heavy atom. The highest BCUT2D eigenvalue weighted by molar-refractivity contribution is 5.82. The van der Waals surface area contributed by atoms with E-state index < -0.39 is 0 Å². The molecule has 9 nitrogen and oxygen atoms in total. The van der Waals surface area contributed by atoms with Crippen LogP contribution in [0.2, 0.25) is 0 Å². The lowest BCUT2D eigenvalue weighted by Gasteiger charge is -2.14. The molecule has 0 aromatic carbocycles. The fraction of sp³-hybridized carbons (Fsp3) is 0.880. The first-order valence-electron chi connectivity index (χ1n) is 10.0. The fourth-order valence-corrected chi connectivity index (χ4v) is 0.716. The van der Waals surface area contributed by atoms with Crippen molar-refractivity contribution in [3.05, 3.63) is 0 Å². The van der Waals surface area contributed by atoms with E-state index in [1.165, 1.54) is 0 Å². The van der Waals surface area contributed by atoms with Crippen molar-refractivity contribution in [2.24, 2.45) is 60.6 Å². The Hall–Kier alpha value is -2.03. The Balaban J connectivity index is -0.0000000429. The molecule has 0 saturated heterocycles. The van der Waals surface area contributed by atoms with Crippen LogP contribution in [-0.4, -0.2) is 36.4 Å². The molecular weight excluding hydrogens is 426 g/mol. The molecule has 0 amide bonds. The third-order valence-electron chi connectivity index (χ3n) is 2.62. The van der Waals surface area contributed by atoms with E-state index in [2.05, 4.69) is 51.5 Å². The molecule has 0 aliphatic carbocycles. The van der Waals surface area contributed by atoms with Gasteiger partial charge in [0.1, 0.15) is 0 Å². The zero-order valence-corrected chi connectivity index (χ0v) is 21.8. The Kier molecular flexibility index (Phi) is 35.7. The maximum Gasteiger partial charge on any atom is 0.186 e. The summed E-state index contributed by atoms with van der Waals surface area (Å²) >= 11 is 0. The molecule has 0 aliphatic heterocycles. The Labute approximate surface area is 215 Å². The van der Waals surface area contributed by atoms with E-state index in [0.717, 1.165) is 6.54 Å². The number of nitrogens with zero attached hydrogens (tertiary/aromatic N) is 2. The summed E-state index contributed by atoms with van der Waals surface area (Å²) < 4.78 is 0. The molecule has 0 spiro atoms. The van der Waals surface area contributed by atoms with E-state index in [1.54, 1.807) is 0 Å².